The van der Waals surface area contributed by atoms with Gasteiger partial charge in [-0.2, -0.15) is 0 Å². The zero-order valence-electron chi connectivity index (χ0n) is 9.60. The summed E-state index contributed by atoms with van der Waals surface area (Å²) < 4.78 is 1.06. The quantitative estimate of drug-likeness (QED) is 0.946. The van der Waals surface area contributed by atoms with Gasteiger partial charge in [0.25, 0.3) is 0 Å². The van der Waals surface area contributed by atoms with Crippen LogP contribution in [0.1, 0.15) is 22.7 Å². The lowest BCUT2D eigenvalue weighted by Gasteiger charge is -2.17. The maximum absolute atomic E-state index is 5.88. The van der Waals surface area contributed by atoms with Gasteiger partial charge in [-0.3, -0.25) is 0 Å². The molecule has 0 radical (unpaired) electrons. The van der Waals surface area contributed by atoms with Gasteiger partial charge in [-0.15, -0.1) is 0 Å². The maximum atomic E-state index is 5.88. The fraction of sp³-hybridized carbons (Fsp3) is 0.231. The lowest BCUT2D eigenvalue weighted by atomic mass is 9.92. The molecule has 2 aromatic rings. The number of rotatable bonds is 3. The molecule has 1 aromatic carbocycles. The first-order valence-corrected chi connectivity index (χ1v) is 6.23. The largest absolute Gasteiger partial charge is 0.329 e. The summed E-state index contributed by atoms with van der Waals surface area (Å²) in [4.78, 5) is 8.23. The molecule has 0 aliphatic rings. The van der Waals surface area contributed by atoms with E-state index >= 15 is 0 Å². The van der Waals surface area contributed by atoms with Crippen molar-refractivity contribution in [2.75, 3.05) is 6.54 Å². The molecular weight excluding hydrogens is 278 g/mol. The number of benzene rings is 1. The normalized spacial score (nSPS) is 12.4. The number of aryl methyl sites for hydroxylation is 1. The average Bonchev–Trinajstić information content (AvgIpc) is 2.36. The van der Waals surface area contributed by atoms with Crippen LogP contribution in [0.2, 0.25) is 0 Å². The molecule has 1 aromatic heterocycles. The number of aromatic nitrogens is 2. The van der Waals surface area contributed by atoms with E-state index in [1.165, 1.54) is 11.1 Å². The summed E-state index contributed by atoms with van der Waals surface area (Å²) >= 11 is 3.49. The molecule has 2 N–H and O–H groups in total. The fourth-order valence-corrected chi connectivity index (χ4v) is 2.28. The highest BCUT2D eigenvalue weighted by Crippen LogP contribution is 2.27. The molecule has 0 saturated carbocycles. The van der Waals surface area contributed by atoms with Gasteiger partial charge in [0, 0.05) is 23.1 Å². The lowest BCUT2D eigenvalue weighted by molar-refractivity contribution is 0.775. The number of nitrogens with two attached hydrogens (primary N) is 1. The summed E-state index contributed by atoms with van der Waals surface area (Å²) in [5.41, 5.74) is 9.28. The fourth-order valence-electron chi connectivity index (χ4n) is 1.90. The van der Waals surface area contributed by atoms with Crippen molar-refractivity contribution >= 4 is 15.9 Å². The summed E-state index contributed by atoms with van der Waals surface area (Å²) in [6.07, 6.45) is 3.31. The molecular formula is C13H14BrN3. The number of halogens is 1. The SMILES string of the molecule is Cc1ccc(Br)cc1C(CN)c1ccncn1. The summed E-state index contributed by atoms with van der Waals surface area (Å²) in [7, 11) is 0. The van der Waals surface area contributed by atoms with Gasteiger partial charge in [-0.1, -0.05) is 22.0 Å². The Balaban J connectivity index is 2.46. The van der Waals surface area contributed by atoms with E-state index in [9.17, 15) is 0 Å². The van der Waals surface area contributed by atoms with Gasteiger partial charge >= 0.3 is 0 Å². The summed E-state index contributed by atoms with van der Waals surface area (Å²) in [5.74, 6) is 0.121. The molecule has 0 spiro atoms. The monoisotopic (exact) mass is 291 g/mol. The Hall–Kier alpha value is -1.26. The Bertz CT molecular complexity index is 499. The van der Waals surface area contributed by atoms with Crippen molar-refractivity contribution in [2.45, 2.75) is 12.8 Å². The molecule has 0 aliphatic carbocycles. The van der Waals surface area contributed by atoms with Crippen LogP contribution in [-0.4, -0.2) is 16.5 Å². The molecule has 0 bridgehead atoms. The van der Waals surface area contributed by atoms with Crippen LogP contribution in [0.5, 0.6) is 0 Å². The van der Waals surface area contributed by atoms with Gasteiger partial charge in [0.15, 0.2) is 0 Å². The van der Waals surface area contributed by atoms with Crippen LogP contribution < -0.4 is 5.73 Å². The van der Waals surface area contributed by atoms with E-state index in [1.54, 1.807) is 12.5 Å². The van der Waals surface area contributed by atoms with E-state index in [4.69, 9.17) is 5.73 Å². The van der Waals surface area contributed by atoms with Crippen molar-refractivity contribution in [1.29, 1.82) is 0 Å². The second kappa shape index (κ2) is 5.38. The van der Waals surface area contributed by atoms with Gasteiger partial charge in [0.1, 0.15) is 6.33 Å². The highest BCUT2D eigenvalue weighted by Gasteiger charge is 2.16. The van der Waals surface area contributed by atoms with E-state index in [0.717, 1.165) is 10.2 Å². The Morgan fingerprint density at radius 1 is 1.35 bits per heavy atom. The van der Waals surface area contributed by atoms with Crippen LogP contribution in [0, 0.1) is 6.92 Å². The van der Waals surface area contributed by atoms with Crippen LogP contribution in [0.25, 0.3) is 0 Å². The zero-order valence-corrected chi connectivity index (χ0v) is 11.2. The van der Waals surface area contributed by atoms with Gasteiger partial charge in [0.2, 0.25) is 0 Å². The minimum Gasteiger partial charge on any atom is -0.329 e. The number of hydrogen-bond donors (Lipinski definition) is 1. The topological polar surface area (TPSA) is 51.8 Å². The zero-order chi connectivity index (χ0) is 12.3. The highest BCUT2D eigenvalue weighted by molar-refractivity contribution is 9.10. The van der Waals surface area contributed by atoms with E-state index in [0.29, 0.717) is 6.54 Å². The molecule has 0 saturated heterocycles. The highest BCUT2D eigenvalue weighted by atomic mass is 79.9. The first-order valence-electron chi connectivity index (χ1n) is 5.44. The number of nitrogens with zero attached hydrogens (tertiary/aromatic N) is 2. The van der Waals surface area contributed by atoms with E-state index < -0.39 is 0 Å². The third kappa shape index (κ3) is 2.70. The minimum absolute atomic E-state index is 0.121. The lowest BCUT2D eigenvalue weighted by Crippen LogP contribution is -2.16. The Morgan fingerprint density at radius 2 is 2.18 bits per heavy atom. The van der Waals surface area contributed by atoms with Crippen molar-refractivity contribution in [3.05, 3.63) is 58.1 Å². The Labute approximate surface area is 109 Å². The van der Waals surface area contributed by atoms with Crippen molar-refractivity contribution < 1.29 is 0 Å². The summed E-state index contributed by atoms with van der Waals surface area (Å²) in [6, 6.07) is 8.14. The van der Waals surface area contributed by atoms with Crippen LogP contribution in [0.3, 0.4) is 0 Å². The molecule has 0 fully saturated rings. The van der Waals surface area contributed by atoms with Gasteiger partial charge in [-0.25, -0.2) is 9.97 Å². The second-order valence-electron chi connectivity index (χ2n) is 3.92. The molecule has 1 atom stereocenters. The van der Waals surface area contributed by atoms with E-state index in [-0.39, 0.29) is 5.92 Å². The molecule has 1 unspecified atom stereocenters. The molecule has 1 heterocycles. The average molecular weight is 292 g/mol. The van der Waals surface area contributed by atoms with Crippen LogP contribution in [-0.2, 0) is 0 Å². The van der Waals surface area contributed by atoms with Gasteiger partial charge in [0.05, 0.1) is 5.69 Å². The third-order valence-corrected chi connectivity index (χ3v) is 3.31. The smallest absolute Gasteiger partial charge is 0.115 e. The van der Waals surface area contributed by atoms with Crippen molar-refractivity contribution in [1.82, 2.24) is 9.97 Å². The van der Waals surface area contributed by atoms with E-state index in [1.807, 2.05) is 12.1 Å². The van der Waals surface area contributed by atoms with E-state index in [2.05, 4.69) is 45.0 Å². The first-order chi connectivity index (χ1) is 8.22. The first kappa shape index (κ1) is 12.2. The molecule has 0 aliphatic heterocycles. The predicted molar refractivity (Wildman–Crippen MR) is 71.8 cm³/mol. The standard InChI is InChI=1S/C13H14BrN3/c1-9-2-3-10(14)6-11(9)12(7-15)13-4-5-16-8-17-13/h2-6,8,12H,7,15H2,1H3. The molecule has 3 nitrogen and oxygen atoms in total. The van der Waals surface area contributed by atoms with Crippen LogP contribution in [0.15, 0.2) is 41.3 Å². The van der Waals surface area contributed by atoms with Crippen LogP contribution in [0.4, 0.5) is 0 Å². The van der Waals surface area contributed by atoms with Gasteiger partial charge in [-0.05, 0) is 36.2 Å². The molecule has 88 valence electrons. The third-order valence-electron chi connectivity index (χ3n) is 2.81. The summed E-state index contributed by atoms with van der Waals surface area (Å²) in [5, 5.41) is 0. The molecule has 0 amide bonds. The predicted octanol–water partition coefficient (Wildman–Crippen LogP) is 2.64. The van der Waals surface area contributed by atoms with Crippen molar-refractivity contribution in [2.24, 2.45) is 5.73 Å². The second-order valence-corrected chi connectivity index (χ2v) is 4.84. The Morgan fingerprint density at radius 3 is 2.82 bits per heavy atom. The molecule has 17 heavy (non-hydrogen) atoms. The summed E-state index contributed by atoms with van der Waals surface area (Å²) in [6.45, 7) is 2.62. The van der Waals surface area contributed by atoms with Crippen molar-refractivity contribution in [3.8, 4) is 0 Å². The Kier molecular flexibility index (Phi) is 3.86. The maximum Gasteiger partial charge on any atom is 0.115 e. The minimum atomic E-state index is 0.121. The number of hydrogen-bond acceptors (Lipinski definition) is 3. The molecule has 2 rings (SSSR count). The molecule has 4 heteroatoms. The van der Waals surface area contributed by atoms with Crippen molar-refractivity contribution in [3.63, 3.8) is 0 Å². The van der Waals surface area contributed by atoms with Gasteiger partial charge < -0.3 is 5.73 Å². The van der Waals surface area contributed by atoms with Crippen LogP contribution >= 0.6 is 15.9 Å².